The number of hydrogen-bond acceptors (Lipinski definition) is 7. The Morgan fingerprint density at radius 1 is 0.676 bits per heavy atom. The molecule has 0 radical (unpaired) electrons. The summed E-state index contributed by atoms with van der Waals surface area (Å²) in [6.45, 7) is 2.83. The zero-order chi connectivity index (χ0) is 25.1. The van der Waals surface area contributed by atoms with Crippen molar-refractivity contribution >= 4 is 20.6 Å². The summed E-state index contributed by atoms with van der Waals surface area (Å²) in [7, 11) is -0.488. The van der Waals surface area contributed by atoms with Crippen LogP contribution in [0.25, 0.3) is 0 Å². The van der Waals surface area contributed by atoms with E-state index in [-0.39, 0.29) is 25.2 Å². The molecule has 0 aromatic carbocycles. The molecule has 0 fully saturated rings. The summed E-state index contributed by atoms with van der Waals surface area (Å²) >= 11 is 0. The first-order valence-electron chi connectivity index (χ1n) is 13.6. The smallest absolute Gasteiger partial charge is 0.327 e. The maximum atomic E-state index is 12.0. The van der Waals surface area contributed by atoms with Crippen LogP contribution in [0.2, 0.25) is 0 Å². The van der Waals surface area contributed by atoms with Crippen molar-refractivity contribution in [1.29, 1.82) is 0 Å². The van der Waals surface area contributed by atoms with Crippen LogP contribution in [0.4, 0.5) is 0 Å². The largest absolute Gasteiger partial charge is 0.462 e. The number of carbonyl (C=O) groups excluding carboxylic acids is 2. The summed E-state index contributed by atoms with van der Waals surface area (Å²) in [4.78, 5) is 24.0. The molecule has 0 aromatic heterocycles. The van der Waals surface area contributed by atoms with Crippen molar-refractivity contribution in [2.45, 2.75) is 135 Å². The topological polar surface area (TPSA) is 105 Å². The highest BCUT2D eigenvalue weighted by molar-refractivity contribution is 7.17. The van der Waals surface area contributed by atoms with Crippen LogP contribution in [0, 0.1) is 0 Å². The third-order valence-electron chi connectivity index (χ3n) is 5.86. The molecule has 0 rings (SSSR count). The van der Waals surface area contributed by atoms with Crippen LogP contribution in [0.1, 0.15) is 129 Å². The van der Waals surface area contributed by atoms with Gasteiger partial charge in [0.2, 0.25) is 0 Å². The van der Waals surface area contributed by atoms with Gasteiger partial charge in [0.1, 0.15) is 13.2 Å². The Kier molecular flexibility index (Phi) is 25.8. The van der Waals surface area contributed by atoms with Gasteiger partial charge in [-0.05, 0) is 25.8 Å². The van der Waals surface area contributed by atoms with Crippen LogP contribution >= 0.6 is 8.69 Å². The summed E-state index contributed by atoms with van der Waals surface area (Å²) in [6, 6.07) is 0. The zero-order valence-electron chi connectivity index (χ0n) is 21.6. The number of carbonyl (C=O) groups is 2. The van der Waals surface area contributed by atoms with Gasteiger partial charge < -0.3 is 15.2 Å². The monoisotopic (exact) mass is 503 g/mol. The first-order valence-corrected chi connectivity index (χ1v) is 14.4. The summed E-state index contributed by atoms with van der Waals surface area (Å²) in [5.74, 6) is -0.634. The lowest BCUT2D eigenvalue weighted by molar-refractivity contribution is -0.160. The fourth-order valence-electron chi connectivity index (χ4n) is 3.79. The molecule has 2 N–H and O–H groups in total. The Hall–Kier alpha value is -1.04. The quantitative estimate of drug-likeness (QED) is 0.0765. The van der Waals surface area contributed by atoms with Crippen molar-refractivity contribution in [2.75, 3.05) is 19.8 Å². The Morgan fingerprint density at radius 3 is 1.65 bits per heavy atom. The second-order valence-corrected chi connectivity index (χ2v) is 9.52. The summed E-state index contributed by atoms with van der Waals surface area (Å²) in [6.07, 6.45) is 19.6. The molecule has 0 saturated heterocycles. The molecule has 0 aromatic rings. The molecule has 200 valence electrons. The zero-order valence-corrected chi connectivity index (χ0v) is 22.5. The van der Waals surface area contributed by atoms with Crippen molar-refractivity contribution in [3.63, 3.8) is 0 Å². The Balaban J connectivity index is 3.75. The van der Waals surface area contributed by atoms with Gasteiger partial charge in [-0.25, -0.2) is 4.57 Å². The van der Waals surface area contributed by atoms with E-state index in [0.717, 1.165) is 57.9 Å². The second kappa shape index (κ2) is 26.6. The molecule has 0 saturated carbocycles. The molecule has 0 heterocycles. The van der Waals surface area contributed by atoms with E-state index in [1.165, 1.54) is 57.8 Å². The lowest BCUT2D eigenvalue weighted by Gasteiger charge is -2.16. The van der Waals surface area contributed by atoms with Crippen LogP contribution in [0.3, 0.4) is 0 Å². The maximum absolute atomic E-state index is 12.0. The molecular weight excluding hydrogens is 453 g/mol. The number of unbranched alkanes of at least 4 members (excludes halogenated alkanes) is 15. The van der Waals surface area contributed by atoms with Gasteiger partial charge in [0, 0.05) is 12.8 Å². The molecule has 0 aliphatic carbocycles. The van der Waals surface area contributed by atoms with Gasteiger partial charge in [-0.1, -0.05) is 96.8 Å². The van der Waals surface area contributed by atoms with Gasteiger partial charge in [-0.2, -0.15) is 0 Å². The van der Waals surface area contributed by atoms with Crippen LogP contribution in [-0.2, 0) is 28.2 Å². The predicted molar refractivity (Wildman–Crippen MR) is 137 cm³/mol. The van der Waals surface area contributed by atoms with E-state index >= 15 is 0 Å². The van der Waals surface area contributed by atoms with Crippen molar-refractivity contribution in [2.24, 2.45) is 5.73 Å². The lowest BCUT2D eigenvalue weighted by atomic mass is 10.0. The van der Waals surface area contributed by atoms with Gasteiger partial charge >= 0.3 is 20.6 Å². The Bertz CT molecular complexity index is 492. The summed E-state index contributed by atoms with van der Waals surface area (Å²) in [5, 5.41) is 0. The first kappa shape index (κ1) is 33.0. The standard InChI is InChI=1S/C26H50NO6P/c1-2-3-4-13-17-20-26(29)33-24(23-32-34-30)22-31-25(28)19-16-14-11-9-7-5-6-8-10-12-15-18-21-27/h24H,2-23,27H2,1H3/t24-/m0/s1. The van der Waals surface area contributed by atoms with Gasteiger partial charge in [-0.15, -0.1) is 0 Å². The van der Waals surface area contributed by atoms with Crippen LogP contribution in [0.5, 0.6) is 0 Å². The summed E-state index contributed by atoms with van der Waals surface area (Å²) < 4.78 is 26.0. The van der Waals surface area contributed by atoms with Crippen LogP contribution in [-0.4, -0.2) is 37.8 Å². The van der Waals surface area contributed by atoms with Crippen LogP contribution < -0.4 is 5.73 Å². The highest BCUT2D eigenvalue weighted by Gasteiger charge is 2.17. The molecule has 1 atom stereocenters. The second-order valence-electron chi connectivity index (χ2n) is 9.11. The summed E-state index contributed by atoms with van der Waals surface area (Å²) in [5.41, 5.74) is 5.50. The normalized spacial score (nSPS) is 12.1. The number of ether oxygens (including phenoxy) is 2. The fraction of sp³-hybridized carbons (Fsp3) is 0.923. The van der Waals surface area contributed by atoms with E-state index in [1.807, 2.05) is 0 Å². The third-order valence-corrected chi connectivity index (χ3v) is 6.12. The highest BCUT2D eigenvalue weighted by Crippen LogP contribution is 2.13. The fourth-order valence-corrected chi connectivity index (χ4v) is 4.01. The molecule has 0 aliphatic heterocycles. The van der Waals surface area contributed by atoms with E-state index < -0.39 is 14.8 Å². The van der Waals surface area contributed by atoms with Gasteiger partial charge in [0.15, 0.2) is 6.10 Å². The predicted octanol–water partition coefficient (Wildman–Crippen LogP) is 7.06. The van der Waals surface area contributed by atoms with E-state index in [2.05, 4.69) is 6.92 Å². The minimum atomic E-state index is -0.728. The van der Waals surface area contributed by atoms with E-state index in [4.69, 9.17) is 19.7 Å². The van der Waals surface area contributed by atoms with Gasteiger partial charge in [0.25, 0.3) is 0 Å². The number of nitrogens with two attached hydrogens (primary N) is 1. The van der Waals surface area contributed by atoms with Gasteiger partial charge in [0.05, 0.1) is 0 Å². The Morgan fingerprint density at radius 2 is 1.15 bits per heavy atom. The van der Waals surface area contributed by atoms with E-state index in [9.17, 15) is 14.2 Å². The third kappa shape index (κ3) is 24.1. The van der Waals surface area contributed by atoms with Crippen molar-refractivity contribution in [3.05, 3.63) is 0 Å². The molecule has 34 heavy (non-hydrogen) atoms. The van der Waals surface area contributed by atoms with Crippen molar-refractivity contribution in [1.82, 2.24) is 0 Å². The first-order chi connectivity index (χ1) is 16.6. The minimum Gasteiger partial charge on any atom is -0.462 e. The molecular formula is C26H50NO6P. The number of rotatable bonds is 26. The van der Waals surface area contributed by atoms with E-state index in [1.54, 1.807) is 0 Å². The van der Waals surface area contributed by atoms with Gasteiger partial charge in [-0.3, -0.25) is 14.1 Å². The molecule has 0 unspecified atom stereocenters. The number of esters is 2. The van der Waals surface area contributed by atoms with E-state index in [0.29, 0.717) is 12.8 Å². The molecule has 7 nitrogen and oxygen atoms in total. The molecule has 0 amide bonds. The minimum absolute atomic E-state index is 0.0619. The molecule has 0 aliphatic rings. The molecule has 8 heteroatoms. The number of hydrogen-bond donors (Lipinski definition) is 1. The van der Waals surface area contributed by atoms with Crippen molar-refractivity contribution < 1.29 is 28.2 Å². The Labute approximate surface area is 209 Å². The SMILES string of the molecule is CCCCCCCC(=O)O[C@H](COP=O)COC(=O)CCCCCCCCCCCCCCN. The van der Waals surface area contributed by atoms with Crippen molar-refractivity contribution in [3.8, 4) is 0 Å². The molecule has 0 spiro atoms. The maximum Gasteiger partial charge on any atom is 0.327 e. The lowest BCUT2D eigenvalue weighted by Crippen LogP contribution is -2.28. The molecule has 0 bridgehead atoms. The average molecular weight is 504 g/mol. The highest BCUT2D eigenvalue weighted by atomic mass is 31.1. The average Bonchev–Trinajstić information content (AvgIpc) is 2.83. The van der Waals surface area contributed by atoms with Crippen LogP contribution in [0.15, 0.2) is 0 Å².